The minimum atomic E-state index is -1.53. The van der Waals surface area contributed by atoms with Crippen LogP contribution in [0.15, 0.2) is 36.0 Å². The molecule has 5 fully saturated rings. The van der Waals surface area contributed by atoms with Gasteiger partial charge in [-0.25, -0.2) is 9.59 Å². The third-order valence-electron chi connectivity index (χ3n) is 11.0. The maximum Gasteiger partial charge on any atom is 0.338 e. The first-order chi connectivity index (χ1) is 18.5. The number of ether oxygens (including phenoxy) is 6. The van der Waals surface area contributed by atoms with Gasteiger partial charge in [0.25, 0.3) is 0 Å². The summed E-state index contributed by atoms with van der Waals surface area (Å²) in [4.78, 5) is 26.6. The van der Waals surface area contributed by atoms with E-state index in [1.807, 2.05) is 0 Å². The van der Waals surface area contributed by atoms with Gasteiger partial charge in [-0.1, -0.05) is 30.7 Å². The Morgan fingerprint density at radius 2 is 1.90 bits per heavy atom. The molecule has 7 rings (SSSR count). The first-order valence-electron chi connectivity index (χ1n) is 13.9. The number of epoxide rings is 2. The van der Waals surface area contributed by atoms with Gasteiger partial charge in [-0.2, -0.15) is 0 Å². The minimum absolute atomic E-state index is 0.0302. The van der Waals surface area contributed by atoms with Crippen LogP contribution in [-0.4, -0.2) is 95.4 Å². The lowest BCUT2D eigenvalue weighted by Gasteiger charge is -2.58. The summed E-state index contributed by atoms with van der Waals surface area (Å²) in [5, 5.41) is 22.1. The van der Waals surface area contributed by atoms with Gasteiger partial charge in [0.1, 0.15) is 35.6 Å². The SMILES string of the molecule is CC1=CC2OC3CC4OC(=O)/C=C\C=C/C5(C(C)O)OCCC6(OC6C(=O)OCC2(CC1)C4(C)C31CO1)C5O. The number of esters is 2. The zero-order valence-electron chi connectivity index (χ0n) is 22.5. The Bertz CT molecular complexity index is 1190. The molecule has 5 heterocycles. The summed E-state index contributed by atoms with van der Waals surface area (Å²) >= 11 is 0. The van der Waals surface area contributed by atoms with Gasteiger partial charge in [0, 0.05) is 24.3 Å². The van der Waals surface area contributed by atoms with Crippen LogP contribution < -0.4 is 0 Å². The minimum Gasteiger partial charge on any atom is -0.463 e. The molecular weight excluding hydrogens is 508 g/mol. The normalized spacial score (nSPS) is 54.4. The number of aliphatic hydroxyl groups excluding tert-OH is 2. The first kappa shape index (κ1) is 25.9. The second-order valence-electron chi connectivity index (χ2n) is 12.6. The average Bonchev–Trinajstić information content (AvgIpc) is 3.81. The Labute approximate surface area is 226 Å². The fraction of sp³-hybridized carbons (Fsp3) is 0.724. The molecule has 4 bridgehead atoms. The summed E-state index contributed by atoms with van der Waals surface area (Å²) < 4.78 is 36.7. The molecule has 3 spiro atoms. The number of fused-ring (bicyclic) bond motifs is 1. The van der Waals surface area contributed by atoms with Crippen molar-refractivity contribution < 1.29 is 48.2 Å². The van der Waals surface area contributed by atoms with Crippen molar-refractivity contribution in [3.8, 4) is 0 Å². The van der Waals surface area contributed by atoms with Crippen molar-refractivity contribution in [2.75, 3.05) is 19.8 Å². The van der Waals surface area contributed by atoms with E-state index in [9.17, 15) is 19.8 Å². The molecule has 39 heavy (non-hydrogen) atoms. The molecule has 0 amide bonds. The zero-order chi connectivity index (χ0) is 27.4. The van der Waals surface area contributed by atoms with Crippen LogP contribution in [-0.2, 0) is 38.0 Å². The van der Waals surface area contributed by atoms with E-state index in [0.29, 0.717) is 19.4 Å². The standard InChI is InChI=1S/C29H36O10/c1-16-7-9-26-14-34-23(32)22-28(39-22)10-11-35-27(17(2)30,24(28)33)8-5-4-6-21(31)38-18-13-20(37-19(26)12-16)29(15-36-29)25(18,26)3/h4-6,8,12,17-20,22,24,30,33H,7,9-11,13-15H2,1-3H3/b6-4-,8-5-. The highest BCUT2D eigenvalue weighted by Gasteiger charge is 2.83. The Morgan fingerprint density at radius 3 is 2.64 bits per heavy atom. The Kier molecular flexibility index (Phi) is 5.46. The quantitative estimate of drug-likeness (QED) is 0.282. The van der Waals surface area contributed by atoms with Crippen LogP contribution in [0.1, 0.15) is 46.5 Å². The topological polar surface area (TPSA) is 137 Å². The van der Waals surface area contributed by atoms with Crippen molar-refractivity contribution in [3.63, 3.8) is 0 Å². The summed E-state index contributed by atoms with van der Waals surface area (Å²) in [7, 11) is 0. The van der Waals surface area contributed by atoms with Gasteiger partial charge in [-0.3, -0.25) is 0 Å². The second-order valence-corrected chi connectivity index (χ2v) is 12.6. The summed E-state index contributed by atoms with van der Waals surface area (Å²) in [6, 6.07) is 0. The fourth-order valence-electron chi connectivity index (χ4n) is 8.37. The second kappa shape index (κ2) is 8.24. The van der Waals surface area contributed by atoms with Crippen LogP contribution >= 0.6 is 0 Å². The van der Waals surface area contributed by atoms with Crippen LogP contribution in [0, 0.1) is 10.8 Å². The lowest BCUT2D eigenvalue weighted by atomic mass is 9.51. The van der Waals surface area contributed by atoms with Crippen molar-refractivity contribution in [2.24, 2.45) is 10.8 Å². The molecule has 5 aliphatic heterocycles. The molecule has 212 valence electrons. The predicted molar refractivity (Wildman–Crippen MR) is 133 cm³/mol. The highest BCUT2D eigenvalue weighted by Crippen LogP contribution is 2.72. The van der Waals surface area contributed by atoms with Crippen LogP contribution in [0.25, 0.3) is 0 Å². The predicted octanol–water partition coefficient (Wildman–Crippen LogP) is 1.28. The number of hydrogen-bond acceptors (Lipinski definition) is 10. The summed E-state index contributed by atoms with van der Waals surface area (Å²) in [5.41, 5.74) is -3.53. The third kappa shape index (κ3) is 3.18. The van der Waals surface area contributed by atoms with E-state index in [1.165, 1.54) is 36.8 Å². The number of carbonyl (C=O) groups is 2. The van der Waals surface area contributed by atoms with Crippen LogP contribution in [0.3, 0.4) is 0 Å². The van der Waals surface area contributed by atoms with Gasteiger partial charge in [0.2, 0.25) is 0 Å². The molecule has 0 aromatic rings. The lowest BCUT2D eigenvalue weighted by molar-refractivity contribution is -0.233. The molecule has 0 aromatic carbocycles. The lowest BCUT2D eigenvalue weighted by Crippen LogP contribution is -2.67. The van der Waals surface area contributed by atoms with Crippen LogP contribution in [0.5, 0.6) is 0 Å². The van der Waals surface area contributed by atoms with E-state index >= 15 is 0 Å². The van der Waals surface area contributed by atoms with Crippen molar-refractivity contribution in [3.05, 3.63) is 36.0 Å². The smallest absolute Gasteiger partial charge is 0.338 e. The summed E-state index contributed by atoms with van der Waals surface area (Å²) in [6.07, 6.45) is 5.66. The molecule has 1 saturated carbocycles. The molecule has 10 nitrogen and oxygen atoms in total. The maximum atomic E-state index is 13.5. The number of aliphatic hydroxyl groups is 2. The van der Waals surface area contributed by atoms with E-state index in [-0.39, 0.29) is 31.8 Å². The van der Waals surface area contributed by atoms with Crippen LogP contribution in [0.2, 0.25) is 0 Å². The molecule has 11 atom stereocenters. The van der Waals surface area contributed by atoms with Gasteiger partial charge in [-0.15, -0.1) is 0 Å². The third-order valence-corrected chi connectivity index (χ3v) is 11.0. The average molecular weight is 545 g/mol. The number of cyclic esters (lactones) is 1. The molecule has 11 unspecified atom stereocenters. The van der Waals surface area contributed by atoms with Gasteiger partial charge < -0.3 is 38.6 Å². The molecule has 2 N–H and O–H groups in total. The highest BCUT2D eigenvalue weighted by molar-refractivity contribution is 5.82. The molecule has 0 aromatic heterocycles. The van der Waals surface area contributed by atoms with E-state index in [4.69, 9.17) is 28.4 Å². The zero-order valence-corrected chi connectivity index (χ0v) is 22.5. The monoisotopic (exact) mass is 544 g/mol. The van der Waals surface area contributed by atoms with Gasteiger partial charge in [0.05, 0.1) is 36.9 Å². The van der Waals surface area contributed by atoms with Crippen molar-refractivity contribution in [1.29, 1.82) is 0 Å². The number of allylic oxidation sites excluding steroid dienone is 3. The van der Waals surface area contributed by atoms with E-state index in [2.05, 4.69) is 19.9 Å². The van der Waals surface area contributed by atoms with Crippen molar-refractivity contribution in [2.45, 2.75) is 99.9 Å². The Hall–Kier alpha value is -2.08. The summed E-state index contributed by atoms with van der Waals surface area (Å²) in [5.74, 6) is -1.10. The maximum absolute atomic E-state index is 13.5. The molecule has 4 saturated heterocycles. The van der Waals surface area contributed by atoms with Gasteiger partial charge in [-0.05, 0) is 32.8 Å². The molecule has 10 heteroatoms. The molecular formula is C29H36O10. The first-order valence-corrected chi connectivity index (χ1v) is 13.9. The molecule has 2 aliphatic carbocycles. The van der Waals surface area contributed by atoms with E-state index in [1.54, 1.807) is 0 Å². The van der Waals surface area contributed by atoms with Crippen LogP contribution in [0.4, 0.5) is 0 Å². The van der Waals surface area contributed by atoms with Gasteiger partial charge >= 0.3 is 11.9 Å². The largest absolute Gasteiger partial charge is 0.463 e. The molecule has 7 aliphatic rings. The summed E-state index contributed by atoms with van der Waals surface area (Å²) in [6.45, 7) is 6.35. The highest BCUT2D eigenvalue weighted by atomic mass is 16.7. The van der Waals surface area contributed by atoms with E-state index < -0.39 is 64.0 Å². The number of carbonyl (C=O) groups excluding carboxylic acids is 2. The Balaban J connectivity index is 1.31. The Morgan fingerprint density at radius 1 is 1.10 bits per heavy atom. The van der Waals surface area contributed by atoms with E-state index in [0.717, 1.165) is 6.42 Å². The fourth-order valence-corrected chi connectivity index (χ4v) is 8.37. The van der Waals surface area contributed by atoms with Crippen molar-refractivity contribution >= 4 is 11.9 Å². The van der Waals surface area contributed by atoms with Crippen molar-refractivity contribution in [1.82, 2.24) is 0 Å². The van der Waals surface area contributed by atoms with Gasteiger partial charge in [0.15, 0.2) is 6.10 Å². The molecule has 0 radical (unpaired) electrons. The number of rotatable bonds is 1. The number of hydrogen-bond donors (Lipinski definition) is 2.